The van der Waals surface area contributed by atoms with Gasteiger partial charge in [0, 0.05) is 0 Å². The second-order valence-corrected chi connectivity index (χ2v) is 2.42. The maximum Gasteiger partial charge on any atom is 0.240 e. The van der Waals surface area contributed by atoms with Crippen molar-refractivity contribution in [2.45, 2.75) is 27.7 Å². The van der Waals surface area contributed by atoms with Crippen molar-refractivity contribution in [2.75, 3.05) is 0 Å². The number of Topliss-reactive ketones (excluding diaryl/α,β-unsaturated/α-hetero) is 2. The SMILES string of the molecule is Br.C=CC(N)=O.CC(C)=O.CC(C)=O. The predicted octanol–water partition coefficient (Wildman–Crippen LogP) is 1.43. The molecule has 0 aromatic carbocycles. The van der Waals surface area contributed by atoms with Gasteiger partial charge in [-0.25, -0.2) is 0 Å². The van der Waals surface area contributed by atoms with E-state index in [0.29, 0.717) is 0 Å². The van der Waals surface area contributed by atoms with Gasteiger partial charge in [-0.3, -0.25) is 4.79 Å². The summed E-state index contributed by atoms with van der Waals surface area (Å²) in [5.41, 5.74) is 4.53. The normalized spacial score (nSPS) is 6.00. The number of hydrogen-bond donors (Lipinski definition) is 1. The van der Waals surface area contributed by atoms with Gasteiger partial charge in [0.15, 0.2) is 0 Å². The molecule has 0 spiro atoms. The number of primary amides is 1. The van der Waals surface area contributed by atoms with Crippen LogP contribution in [0.15, 0.2) is 12.7 Å². The number of amides is 1. The highest BCUT2D eigenvalue weighted by Gasteiger charge is 1.69. The quantitative estimate of drug-likeness (QED) is 0.731. The highest BCUT2D eigenvalue weighted by Crippen LogP contribution is 1.51. The number of carbonyl (C=O) groups excluding carboxylic acids is 3. The molecule has 5 heteroatoms. The van der Waals surface area contributed by atoms with Gasteiger partial charge in [-0.05, 0) is 33.8 Å². The van der Waals surface area contributed by atoms with E-state index in [0.717, 1.165) is 6.08 Å². The molecular formula is C9H18BrNO3. The molecule has 0 bridgehead atoms. The first kappa shape index (κ1) is 23.1. The average Bonchev–Trinajstić information content (AvgIpc) is 1.84. The summed E-state index contributed by atoms with van der Waals surface area (Å²) in [4.78, 5) is 28.4. The Kier molecular flexibility index (Phi) is 29.6. The Labute approximate surface area is 95.3 Å². The Morgan fingerprint density at radius 3 is 1.07 bits per heavy atom. The summed E-state index contributed by atoms with van der Waals surface area (Å²) in [5, 5.41) is 0. The van der Waals surface area contributed by atoms with E-state index in [1.807, 2.05) is 0 Å². The number of hydrogen-bond acceptors (Lipinski definition) is 3. The van der Waals surface area contributed by atoms with Crippen LogP contribution >= 0.6 is 17.0 Å². The van der Waals surface area contributed by atoms with E-state index in [1.165, 1.54) is 27.7 Å². The highest BCUT2D eigenvalue weighted by molar-refractivity contribution is 8.93. The topological polar surface area (TPSA) is 77.2 Å². The van der Waals surface area contributed by atoms with Crippen LogP contribution < -0.4 is 5.73 Å². The van der Waals surface area contributed by atoms with Crippen LogP contribution in [0.5, 0.6) is 0 Å². The first-order valence-electron chi connectivity index (χ1n) is 3.60. The van der Waals surface area contributed by atoms with Crippen molar-refractivity contribution in [2.24, 2.45) is 5.73 Å². The van der Waals surface area contributed by atoms with Crippen molar-refractivity contribution in [1.82, 2.24) is 0 Å². The van der Waals surface area contributed by atoms with E-state index in [4.69, 9.17) is 0 Å². The second kappa shape index (κ2) is 17.9. The molecule has 0 unspecified atom stereocenters. The zero-order chi connectivity index (χ0) is 11.4. The monoisotopic (exact) mass is 267 g/mol. The number of rotatable bonds is 1. The number of nitrogens with two attached hydrogens (primary N) is 1. The molecule has 4 nitrogen and oxygen atoms in total. The number of ketones is 2. The van der Waals surface area contributed by atoms with E-state index in [-0.39, 0.29) is 28.5 Å². The van der Waals surface area contributed by atoms with E-state index in [2.05, 4.69) is 12.3 Å². The summed E-state index contributed by atoms with van der Waals surface area (Å²) in [5.74, 6) is -0.148. The van der Waals surface area contributed by atoms with Crippen molar-refractivity contribution in [3.63, 3.8) is 0 Å². The van der Waals surface area contributed by atoms with Crippen LogP contribution in [0.2, 0.25) is 0 Å². The number of carbonyl (C=O) groups is 3. The van der Waals surface area contributed by atoms with Crippen molar-refractivity contribution in [3.8, 4) is 0 Å². The van der Waals surface area contributed by atoms with E-state index < -0.39 is 5.91 Å². The van der Waals surface area contributed by atoms with Crippen molar-refractivity contribution >= 4 is 34.5 Å². The molecule has 84 valence electrons. The smallest absolute Gasteiger partial charge is 0.240 e. The van der Waals surface area contributed by atoms with Gasteiger partial charge in [0.25, 0.3) is 0 Å². The molecule has 0 radical (unpaired) electrons. The van der Waals surface area contributed by atoms with Crippen LogP contribution in [0, 0.1) is 0 Å². The van der Waals surface area contributed by atoms with Gasteiger partial charge in [-0.2, -0.15) is 0 Å². The van der Waals surface area contributed by atoms with Gasteiger partial charge in [0.2, 0.25) is 5.91 Å². The Hall–Kier alpha value is -0.970. The zero-order valence-electron chi connectivity index (χ0n) is 8.99. The molecule has 0 aliphatic rings. The molecule has 0 saturated carbocycles. The molecule has 0 aliphatic carbocycles. The maximum absolute atomic E-state index is 9.47. The minimum Gasteiger partial charge on any atom is -0.366 e. The molecule has 0 atom stereocenters. The molecule has 1 amide bonds. The second-order valence-electron chi connectivity index (χ2n) is 2.42. The van der Waals surface area contributed by atoms with Gasteiger partial charge in [0.05, 0.1) is 0 Å². The summed E-state index contributed by atoms with van der Waals surface area (Å²) >= 11 is 0. The lowest BCUT2D eigenvalue weighted by molar-refractivity contribution is -0.115. The molecule has 0 heterocycles. The fourth-order valence-corrected chi connectivity index (χ4v) is 0. The average molecular weight is 268 g/mol. The van der Waals surface area contributed by atoms with Gasteiger partial charge in [-0.1, -0.05) is 6.58 Å². The third-order valence-electron chi connectivity index (χ3n) is 0.201. The van der Waals surface area contributed by atoms with E-state index in [1.54, 1.807) is 0 Å². The Morgan fingerprint density at radius 2 is 1.07 bits per heavy atom. The summed E-state index contributed by atoms with van der Waals surface area (Å²) in [6, 6.07) is 0. The number of halogens is 1. The van der Waals surface area contributed by atoms with Crippen LogP contribution in [-0.4, -0.2) is 17.5 Å². The lowest BCUT2D eigenvalue weighted by Gasteiger charge is -1.65. The van der Waals surface area contributed by atoms with Crippen LogP contribution in [0.1, 0.15) is 27.7 Å². The van der Waals surface area contributed by atoms with E-state index in [9.17, 15) is 14.4 Å². The lowest BCUT2D eigenvalue weighted by Crippen LogP contribution is -2.04. The fourth-order valence-electron chi connectivity index (χ4n) is 0. The van der Waals surface area contributed by atoms with Crippen LogP contribution in [0.3, 0.4) is 0 Å². The minimum absolute atomic E-state index is 0. The molecule has 2 N–H and O–H groups in total. The largest absolute Gasteiger partial charge is 0.366 e. The third kappa shape index (κ3) is 1050. The van der Waals surface area contributed by atoms with Gasteiger partial charge < -0.3 is 15.3 Å². The molecular weight excluding hydrogens is 250 g/mol. The van der Waals surface area contributed by atoms with Crippen LogP contribution in [0.4, 0.5) is 0 Å². The van der Waals surface area contributed by atoms with Gasteiger partial charge in [0.1, 0.15) is 11.6 Å². The lowest BCUT2D eigenvalue weighted by atomic mass is 10.6. The highest BCUT2D eigenvalue weighted by atomic mass is 79.9. The maximum atomic E-state index is 9.47. The van der Waals surface area contributed by atoms with E-state index >= 15 is 0 Å². The molecule has 0 aliphatic heterocycles. The molecule has 14 heavy (non-hydrogen) atoms. The molecule has 0 aromatic heterocycles. The zero-order valence-corrected chi connectivity index (χ0v) is 10.7. The Balaban J connectivity index is -0.0000000522. The van der Waals surface area contributed by atoms with Gasteiger partial charge in [-0.15, -0.1) is 17.0 Å². The standard InChI is InChI=1S/C3H5NO.2C3H6O.BrH/c1-2-3(4)5;2*1-3(2)4;/h2H,1H2,(H2,4,5);2*1-2H3;1H. The Bertz CT molecular complexity index is 170. The van der Waals surface area contributed by atoms with Crippen LogP contribution in [-0.2, 0) is 14.4 Å². The van der Waals surface area contributed by atoms with Crippen molar-refractivity contribution in [3.05, 3.63) is 12.7 Å². The summed E-state index contributed by atoms with van der Waals surface area (Å²) in [6.07, 6.45) is 1.06. The fraction of sp³-hybridized carbons (Fsp3) is 0.444. The molecule has 0 aromatic rings. The minimum atomic E-state index is -0.481. The van der Waals surface area contributed by atoms with Crippen LogP contribution in [0.25, 0.3) is 0 Å². The molecule has 0 fully saturated rings. The van der Waals surface area contributed by atoms with Gasteiger partial charge >= 0.3 is 0 Å². The molecule has 0 rings (SSSR count). The first-order chi connectivity index (χ1) is 5.73. The molecule has 0 saturated heterocycles. The van der Waals surface area contributed by atoms with Crippen molar-refractivity contribution < 1.29 is 14.4 Å². The van der Waals surface area contributed by atoms with Crippen molar-refractivity contribution in [1.29, 1.82) is 0 Å². The summed E-state index contributed by atoms with van der Waals surface area (Å²) in [7, 11) is 0. The first-order valence-corrected chi connectivity index (χ1v) is 3.60. The Morgan fingerprint density at radius 1 is 1.00 bits per heavy atom. The third-order valence-corrected chi connectivity index (χ3v) is 0.201. The predicted molar refractivity (Wildman–Crippen MR) is 62.4 cm³/mol. The summed E-state index contributed by atoms with van der Waals surface area (Å²) in [6.45, 7) is 9.20. The summed E-state index contributed by atoms with van der Waals surface area (Å²) < 4.78 is 0.